The van der Waals surface area contributed by atoms with E-state index in [1.165, 1.54) is 9.80 Å². The number of nitrogens with one attached hydrogen (secondary N) is 2. The first-order valence-corrected chi connectivity index (χ1v) is 8.42. The van der Waals surface area contributed by atoms with Crippen LogP contribution in [0.2, 0.25) is 0 Å². The standard InChI is InChI=1S/C17H22N4O6/c22-14(10-19-16(24)27-12-13-4-2-1-3-5-13)18-11-15(23)20-6-8-21(9-7-20)17(25)26/h1-5H,6-12H2,(H,18,22)(H,19,24)(H,25,26). The van der Waals surface area contributed by atoms with E-state index in [4.69, 9.17) is 9.84 Å². The van der Waals surface area contributed by atoms with Crippen LogP contribution in [-0.4, -0.2) is 78.2 Å². The Kier molecular flexibility index (Phi) is 7.41. The molecule has 0 aliphatic carbocycles. The molecule has 0 bridgehead atoms. The van der Waals surface area contributed by atoms with Crippen LogP contribution in [0.4, 0.5) is 9.59 Å². The van der Waals surface area contributed by atoms with Gasteiger partial charge in [-0.15, -0.1) is 0 Å². The van der Waals surface area contributed by atoms with E-state index in [9.17, 15) is 19.2 Å². The van der Waals surface area contributed by atoms with E-state index in [1.807, 2.05) is 30.3 Å². The van der Waals surface area contributed by atoms with Crippen LogP contribution in [0, 0.1) is 0 Å². The van der Waals surface area contributed by atoms with Crippen molar-refractivity contribution in [2.45, 2.75) is 6.61 Å². The number of ether oxygens (including phenoxy) is 1. The molecule has 0 spiro atoms. The van der Waals surface area contributed by atoms with Gasteiger partial charge in [0.1, 0.15) is 13.2 Å². The van der Waals surface area contributed by atoms with Crippen molar-refractivity contribution in [1.29, 1.82) is 0 Å². The van der Waals surface area contributed by atoms with Gasteiger partial charge in [-0.3, -0.25) is 9.59 Å². The lowest BCUT2D eigenvalue weighted by atomic mass is 10.2. The molecule has 27 heavy (non-hydrogen) atoms. The zero-order chi connectivity index (χ0) is 19.6. The molecule has 1 saturated heterocycles. The van der Waals surface area contributed by atoms with Gasteiger partial charge in [0.25, 0.3) is 0 Å². The lowest BCUT2D eigenvalue weighted by Gasteiger charge is -2.33. The van der Waals surface area contributed by atoms with Crippen molar-refractivity contribution in [3.63, 3.8) is 0 Å². The molecule has 1 fully saturated rings. The van der Waals surface area contributed by atoms with E-state index < -0.39 is 18.1 Å². The third-order valence-electron chi connectivity index (χ3n) is 3.95. The molecule has 0 saturated carbocycles. The van der Waals surface area contributed by atoms with E-state index in [0.29, 0.717) is 0 Å². The normalized spacial score (nSPS) is 13.6. The Bertz CT molecular complexity index is 673. The Morgan fingerprint density at radius 1 is 0.926 bits per heavy atom. The van der Waals surface area contributed by atoms with Gasteiger partial charge in [0, 0.05) is 26.2 Å². The monoisotopic (exact) mass is 378 g/mol. The average Bonchev–Trinajstić information content (AvgIpc) is 2.69. The van der Waals surface area contributed by atoms with Crippen molar-refractivity contribution >= 4 is 24.0 Å². The van der Waals surface area contributed by atoms with Gasteiger partial charge >= 0.3 is 12.2 Å². The number of hydrogen-bond donors (Lipinski definition) is 3. The van der Waals surface area contributed by atoms with Gasteiger partial charge in [0.2, 0.25) is 11.8 Å². The molecule has 4 amide bonds. The minimum atomic E-state index is -1.01. The maximum atomic E-state index is 12.0. The zero-order valence-corrected chi connectivity index (χ0v) is 14.7. The lowest BCUT2D eigenvalue weighted by Crippen LogP contribution is -2.52. The quantitative estimate of drug-likeness (QED) is 0.632. The second-order valence-corrected chi connectivity index (χ2v) is 5.84. The van der Waals surface area contributed by atoms with Crippen LogP contribution >= 0.6 is 0 Å². The minimum absolute atomic E-state index is 0.0924. The van der Waals surface area contributed by atoms with Gasteiger partial charge in [0.05, 0.1) is 6.54 Å². The first-order chi connectivity index (χ1) is 13.0. The number of amides is 4. The van der Waals surface area contributed by atoms with E-state index >= 15 is 0 Å². The number of hydrogen-bond acceptors (Lipinski definition) is 5. The molecule has 1 heterocycles. The summed E-state index contributed by atoms with van der Waals surface area (Å²) >= 11 is 0. The molecule has 10 heteroatoms. The molecule has 0 radical (unpaired) electrons. The molecule has 1 aromatic carbocycles. The molecular formula is C17H22N4O6. The molecule has 2 rings (SSSR count). The average molecular weight is 378 g/mol. The highest BCUT2D eigenvalue weighted by molar-refractivity contribution is 5.87. The Balaban J connectivity index is 1.59. The van der Waals surface area contributed by atoms with Crippen LogP contribution in [0.1, 0.15) is 5.56 Å². The number of carbonyl (C=O) groups is 4. The Morgan fingerprint density at radius 3 is 2.19 bits per heavy atom. The third kappa shape index (κ3) is 6.84. The summed E-state index contributed by atoms with van der Waals surface area (Å²) in [4.78, 5) is 48.8. The fourth-order valence-electron chi connectivity index (χ4n) is 2.42. The molecular weight excluding hydrogens is 356 g/mol. The summed E-state index contributed by atoms with van der Waals surface area (Å²) in [6.45, 7) is 0.610. The number of alkyl carbamates (subject to hydrolysis) is 1. The number of carboxylic acid groups (broad SMARTS) is 1. The molecule has 1 aliphatic rings. The summed E-state index contributed by atoms with van der Waals surface area (Å²) in [7, 11) is 0. The second-order valence-electron chi connectivity index (χ2n) is 5.84. The fraction of sp³-hybridized carbons (Fsp3) is 0.412. The SMILES string of the molecule is O=C(CNC(=O)OCc1ccccc1)NCC(=O)N1CCN(C(=O)O)CC1. The van der Waals surface area contributed by atoms with Gasteiger partial charge in [-0.25, -0.2) is 9.59 Å². The van der Waals surface area contributed by atoms with Crippen LogP contribution in [-0.2, 0) is 20.9 Å². The summed E-state index contributed by atoms with van der Waals surface area (Å²) in [5, 5.41) is 13.6. The van der Waals surface area contributed by atoms with Gasteiger partial charge in [0.15, 0.2) is 0 Å². The lowest BCUT2D eigenvalue weighted by molar-refractivity contribution is -0.133. The maximum Gasteiger partial charge on any atom is 0.407 e. The number of rotatable bonds is 6. The highest BCUT2D eigenvalue weighted by atomic mass is 16.5. The number of piperazine rings is 1. The van der Waals surface area contributed by atoms with Crippen LogP contribution in [0.3, 0.4) is 0 Å². The van der Waals surface area contributed by atoms with Crippen molar-refractivity contribution in [2.24, 2.45) is 0 Å². The van der Waals surface area contributed by atoms with Gasteiger partial charge in [-0.2, -0.15) is 0 Å². The van der Waals surface area contributed by atoms with Crippen LogP contribution in [0.25, 0.3) is 0 Å². The minimum Gasteiger partial charge on any atom is -0.465 e. The summed E-state index contributed by atoms with van der Waals surface area (Å²) in [6, 6.07) is 9.11. The molecule has 10 nitrogen and oxygen atoms in total. The molecule has 0 aromatic heterocycles. The molecule has 1 aliphatic heterocycles. The summed E-state index contributed by atoms with van der Waals surface area (Å²) in [5.74, 6) is -0.829. The third-order valence-corrected chi connectivity index (χ3v) is 3.95. The van der Waals surface area contributed by atoms with Crippen molar-refractivity contribution < 1.29 is 29.0 Å². The Hall–Kier alpha value is -3.30. The number of benzene rings is 1. The van der Waals surface area contributed by atoms with Gasteiger partial charge in [-0.1, -0.05) is 30.3 Å². The zero-order valence-electron chi connectivity index (χ0n) is 14.7. The molecule has 146 valence electrons. The van der Waals surface area contributed by atoms with Crippen molar-refractivity contribution in [3.05, 3.63) is 35.9 Å². The van der Waals surface area contributed by atoms with Crippen LogP contribution < -0.4 is 10.6 Å². The second kappa shape index (κ2) is 10.00. The molecule has 1 aromatic rings. The van der Waals surface area contributed by atoms with E-state index in [0.717, 1.165) is 5.56 Å². The number of carbonyl (C=O) groups excluding carboxylic acids is 3. The van der Waals surface area contributed by atoms with Gasteiger partial charge < -0.3 is 30.3 Å². The van der Waals surface area contributed by atoms with Crippen molar-refractivity contribution in [1.82, 2.24) is 20.4 Å². The van der Waals surface area contributed by atoms with E-state index in [-0.39, 0.29) is 51.8 Å². The van der Waals surface area contributed by atoms with Crippen molar-refractivity contribution in [3.8, 4) is 0 Å². The number of nitrogens with zero attached hydrogens (tertiary/aromatic N) is 2. The molecule has 3 N–H and O–H groups in total. The van der Waals surface area contributed by atoms with E-state index in [1.54, 1.807) is 0 Å². The highest BCUT2D eigenvalue weighted by Crippen LogP contribution is 2.02. The first kappa shape index (κ1) is 20.0. The molecule has 0 atom stereocenters. The summed E-state index contributed by atoms with van der Waals surface area (Å²) < 4.78 is 4.97. The van der Waals surface area contributed by atoms with Gasteiger partial charge in [-0.05, 0) is 5.56 Å². The predicted octanol–water partition coefficient (Wildman–Crippen LogP) is -0.149. The van der Waals surface area contributed by atoms with Crippen LogP contribution in [0.5, 0.6) is 0 Å². The fourth-order valence-corrected chi connectivity index (χ4v) is 2.42. The van der Waals surface area contributed by atoms with E-state index in [2.05, 4.69) is 10.6 Å². The molecule has 0 unspecified atom stereocenters. The highest BCUT2D eigenvalue weighted by Gasteiger charge is 2.23. The predicted molar refractivity (Wildman–Crippen MR) is 93.8 cm³/mol. The first-order valence-electron chi connectivity index (χ1n) is 8.42. The maximum absolute atomic E-state index is 12.0. The summed E-state index contributed by atoms with van der Waals surface area (Å²) in [5.41, 5.74) is 0.825. The Labute approximate surface area is 156 Å². The Morgan fingerprint density at radius 2 is 1.56 bits per heavy atom. The largest absolute Gasteiger partial charge is 0.465 e. The van der Waals surface area contributed by atoms with Crippen molar-refractivity contribution in [2.75, 3.05) is 39.3 Å². The van der Waals surface area contributed by atoms with Crippen LogP contribution in [0.15, 0.2) is 30.3 Å². The topological polar surface area (TPSA) is 128 Å². The smallest absolute Gasteiger partial charge is 0.407 e. The summed E-state index contributed by atoms with van der Waals surface area (Å²) in [6.07, 6.45) is -1.74.